The molecular weight excluding hydrogens is 336 g/mol. The summed E-state index contributed by atoms with van der Waals surface area (Å²) in [5.74, 6) is 3.57. The van der Waals surface area contributed by atoms with Crippen molar-refractivity contribution in [1.29, 1.82) is 0 Å². The van der Waals surface area contributed by atoms with Gasteiger partial charge in [-0.3, -0.25) is 4.79 Å². The van der Waals surface area contributed by atoms with Gasteiger partial charge in [0.1, 0.15) is 0 Å². The number of aromatic nitrogens is 3. The highest BCUT2D eigenvalue weighted by Crippen LogP contribution is 2.36. The molecule has 1 aliphatic heterocycles. The summed E-state index contributed by atoms with van der Waals surface area (Å²) in [7, 11) is 1.90. The van der Waals surface area contributed by atoms with E-state index in [0.29, 0.717) is 17.3 Å². The number of furan rings is 1. The Morgan fingerprint density at radius 1 is 1.28 bits per heavy atom. The van der Waals surface area contributed by atoms with Gasteiger partial charge in [-0.2, -0.15) is 0 Å². The van der Waals surface area contributed by atoms with Gasteiger partial charge in [0.15, 0.2) is 16.7 Å². The number of carbonyl (C=O) groups excluding carboxylic acids is 1. The topological polar surface area (TPSA) is 64.2 Å². The molecule has 0 unspecified atom stereocenters. The van der Waals surface area contributed by atoms with Crippen LogP contribution in [0.2, 0.25) is 0 Å². The van der Waals surface area contributed by atoms with E-state index in [1.807, 2.05) is 23.7 Å². The zero-order valence-corrected chi connectivity index (χ0v) is 15.4. The van der Waals surface area contributed by atoms with E-state index in [0.717, 1.165) is 30.1 Å². The number of likely N-dealkylation sites (tertiary alicyclic amines) is 1. The number of thioether (sulfide) groups is 1. The number of rotatable bonds is 4. The number of piperidine rings is 1. The van der Waals surface area contributed by atoms with E-state index in [-0.39, 0.29) is 5.91 Å². The Morgan fingerprint density at radius 3 is 2.92 bits per heavy atom. The number of hydrogen-bond acceptors (Lipinski definition) is 5. The van der Waals surface area contributed by atoms with Crippen molar-refractivity contribution in [1.82, 2.24) is 19.7 Å². The molecule has 134 valence electrons. The van der Waals surface area contributed by atoms with Crippen LogP contribution in [0.5, 0.6) is 0 Å². The molecule has 0 radical (unpaired) electrons. The van der Waals surface area contributed by atoms with E-state index in [1.165, 1.54) is 43.9 Å². The van der Waals surface area contributed by atoms with Gasteiger partial charge in [0.25, 0.3) is 0 Å². The molecule has 2 aromatic rings. The summed E-state index contributed by atoms with van der Waals surface area (Å²) < 4.78 is 7.26. The molecule has 0 aromatic carbocycles. The summed E-state index contributed by atoms with van der Waals surface area (Å²) in [6.45, 7) is 1.86. The smallest absolute Gasteiger partial charge is 0.233 e. The molecule has 7 heteroatoms. The van der Waals surface area contributed by atoms with Crippen LogP contribution in [0.1, 0.15) is 32.1 Å². The van der Waals surface area contributed by atoms with Crippen molar-refractivity contribution >= 4 is 17.7 Å². The Hall–Kier alpha value is -1.76. The summed E-state index contributed by atoms with van der Waals surface area (Å²) in [5, 5.41) is 9.12. The third kappa shape index (κ3) is 3.47. The van der Waals surface area contributed by atoms with Crippen molar-refractivity contribution in [3.05, 3.63) is 18.4 Å². The molecule has 2 aromatic heterocycles. The standard InChI is InChI=1S/C18H24N4O2S/c1-21-17(15-7-4-10-24-15)19-20-18(21)25-12-16(23)22-9-8-13-5-2-3-6-14(13)11-22/h4,7,10,13-14H,2-3,5-6,8-9,11-12H2,1H3/t13-,14+/m0/s1. The van der Waals surface area contributed by atoms with E-state index in [1.54, 1.807) is 6.26 Å². The highest BCUT2D eigenvalue weighted by atomic mass is 32.2. The molecule has 1 aliphatic carbocycles. The first-order valence-electron chi connectivity index (χ1n) is 9.06. The summed E-state index contributed by atoms with van der Waals surface area (Å²) in [5.41, 5.74) is 0. The normalized spacial score (nSPS) is 23.5. The van der Waals surface area contributed by atoms with E-state index >= 15 is 0 Å². The largest absolute Gasteiger partial charge is 0.461 e. The Kier molecular flexibility index (Phi) is 4.83. The lowest BCUT2D eigenvalue weighted by Gasteiger charge is -2.41. The fourth-order valence-corrected chi connectivity index (χ4v) is 4.92. The summed E-state index contributed by atoms with van der Waals surface area (Å²) >= 11 is 1.45. The number of fused-ring (bicyclic) bond motifs is 1. The monoisotopic (exact) mass is 360 g/mol. The lowest BCUT2D eigenvalue weighted by molar-refractivity contribution is -0.131. The molecule has 1 amide bonds. The highest BCUT2D eigenvalue weighted by Gasteiger charge is 2.32. The lowest BCUT2D eigenvalue weighted by Crippen LogP contribution is -2.45. The Labute approximate surface area is 152 Å². The molecule has 4 rings (SSSR count). The van der Waals surface area contributed by atoms with Crippen LogP contribution in [0.3, 0.4) is 0 Å². The van der Waals surface area contributed by atoms with Crippen LogP contribution in [0.15, 0.2) is 28.0 Å². The van der Waals surface area contributed by atoms with Gasteiger partial charge < -0.3 is 13.9 Å². The predicted molar refractivity (Wildman–Crippen MR) is 96.1 cm³/mol. The molecule has 1 saturated carbocycles. The molecule has 1 saturated heterocycles. The van der Waals surface area contributed by atoms with Crippen LogP contribution in [-0.2, 0) is 11.8 Å². The van der Waals surface area contributed by atoms with Crippen LogP contribution < -0.4 is 0 Å². The summed E-state index contributed by atoms with van der Waals surface area (Å²) in [6, 6.07) is 3.69. The van der Waals surface area contributed by atoms with Crippen LogP contribution in [0, 0.1) is 11.8 Å². The van der Waals surface area contributed by atoms with E-state index in [4.69, 9.17) is 4.42 Å². The van der Waals surface area contributed by atoms with Gasteiger partial charge >= 0.3 is 0 Å². The van der Waals surface area contributed by atoms with Crippen molar-refractivity contribution in [2.75, 3.05) is 18.8 Å². The Balaban J connectivity index is 1.35. The first kappa shape index (κ1) is 16.7. The van der Waals surface area contributed by atoms with Gasteiger partial charge in [0.2, 0.25) is 5.91 Å². The van der Waals surface area contributed by atoms with Crippen molar-refractivity contribution in [3.8, 4) is 11.6 Å². The van der Waals surface area contributed by atoms with E-state index < -0.39 is 0 Å². The Bertz CT molecular complexity index is 728. The van der Waals surface area contributed by atoms with E-state index in [2.05, 4.69) is 15.1 Å². The minimum Gasteiger partial charge on any atom is -0.461 e. The third-order valence-electron chi connectivity index (χ3n) is 5.55. The fraction of sp³-hybridized carbons (Fsp3) is 0.611. The number of hydrogen-bond donors (Lipinski definition) is 0. The van der Waals surface area contributed by atoms with Crippen molar-refractivity contribution in [2.24, 2.45) is 18.9 Å². The third-order valence-corrected chi connectivity index (χ3v) is 6.55. The maximum atomic E-state index is 12.6. The van der Waals surface area contributed by atoms with Gasteiger partial charge in [-0.1, -0.05) is 31.0 Å². The van der Waals surface area contributed by atoms with Gasteiger partial charge in [-0.25, -0.2) is 0 Å². The molecule has 2 aliphatic rings. The molecule has 3 heterocycles. The quantitative estimate of drug-likeness (QED) is 0.784. The molecule has 0 spiro atoms. The molecule has 25 heavy (non-hydrogen) atoms. The predicted octanol–water partition coefficient (Wildman–Crippen LogP) is 3.21. The molecule has 6 nitrogen and oxygen atoms in total. The van der Waals surface area contributed by atoms with Crippen LogP contribution in [-0.4, -0.2) is 44.4 Å². The first-order valence-corrected chi connectivity index (χ1v) is 10.0. The maximum Gasteiger partial charge on any atom is 0.233 e. The average Bonchev–Trinajstić information content (AvgIpc) is 3.29. The second-order valence-corrected chi connectivity index (χ2v) is 8.01. The molecular formula is C18H24N4O2S. The molecule has 2 fully saturated rings. The zero-order chi connectivity index (χ0) is 17.2. The van der Waals surface area contributed by atoms with Crippen molar-refractivity contribution in [2.45, 2.75) is 37.3 Å². The van der Waals surface area contributed by atoms with Crippen LogP contribution in [0.4, 0.5) is 0 Å². The Morgan fingerprint density at radius 2 is 2.12 bits per heavy atom. The summed E-state index contributed by atoms with van der Waals surface area (Å²) in [6.07, 6.45) is 8.14. The fourth-order valence-electron chi connectivity index (χ4n) is 4.11. The number of carbonyl (C=O) groups is 1. The van der Waals surface area contributed by atoms with E-state index in [9.17, 15) is 4.79 Å². The molecule has 0 N–H and O–H groups in total. The van der Waals surface area contributed by atoms with Gasteiger partial charge in [0.05, 0.1) is 12.0 Å². The lowest BCUT2D eigenvalue weighted by atomic mass is 9.75. The van der Waals surface area contributed by atoms with Gasteiger partial charge in [-0.15, -0.1) is 10.2 Å². The second kappa shape index (κ2) is 7.23. The summed E-state index contributed by atoms with van der Waals surface area (Å²) in [4.78, 5) is 14.7. The van der Waals surface area contributed by atoms with Crippen LogP contribution >= 0.6 is 11.8 Å². The molecule has 0 bridgehead atoms. The van der Waals surface area contributed by atoms with Crippen LogP contribution in [0.25, 0.3) is 11.6 Å². The SMILES string of the molecule is Cn1c(SCC(=O)N2CC[C@@H]3CCCC[C@@H]3C2)nnc1-c1ccco1. The maximum absolute atomic E-state index is 12.6. The minimum atomic E-state index is 0.219. The van der Waals surface area contributed by atoms with Crippen molar-refractivity contribution in [3.63, 3.8) is 0 Å². The number of amides is 1. The number of nitrogens with zero attached hydrogens (tertiary/aromatic N) is 4. The molecule has 2 atom stereocenters. The second-order valence-electron chi connectivity index (χ2n) is 7.06. The van der Waals surface area contributed by atoms with Gasteiger partial charge in [-0.05, 0) is 36.8 Å². The highest BCUT2D eigenvalue weighted by molar-refractivity contribution is 7.99. The van der Waals surface area contributed by atoms with Crippen molar-refractivity contribution < 1.29 is 9.21 Å². The minimum absolute atomic E-state index is 0.219. The first-order chi connectivity index (χ1) is 12.2. The average molecular weight is 360 g/mol. The van der Waals surface area contributed by atoms with Gasteiger partial charge in [0, 0.05) is 20.1 Å². The zero-order valence-electron chi connectivity index (χ0n) is 14.6.